The summed E-state index contributed by atoms with van der Waals surface area (Å²) in [6.07, 6.45) is 3.10. The van der Waals surface area contributed by atoms with Crippen LogP contribution in [0.1, 0.15) is 11.1 Å². The fourth-order valence-corrected chi connectivity index (χ4v) is 5.26. The highest BCUT2D eigenvalue weighted by Gasteiger charge is 2.32. The predicted octanol–water partition coefficient (Wildman–Crippen LogP) is 2.75. The molecule has 0 aliphatic carbocycles. The number of nitriles is 1. The summed E-state index contributed by atoms with van der Waals surface area (Å²) in [7, 11) is -3.91. The number of aromatic nitrogens is 1. The quantitative estimate of drug-likeness (QED) is 0.501. The van der Waals surface area contributed by atoms with Crippen LogP contribution in [0.3, 0.4) is 0 Å². The van der Waals surface area contributed by atoms with Crippen LogP contribution < -0.4 is 9.04 Å². The van der Waals surface area contributed by atoms with E-state index in [1.807, 2.05) is 6.07 Å². The standard InChI is InChI=1S/C18H12ClN3O3S/c19-15-8-14-11-21(23)5-4-16(14)18(9-15)26(24,25)22-6-3-13-2-1-12(10-20)7-17(13)22/h1-2,4-5,7-9,11H,3,6H2. The smallest absolute Gasteiger partial charge is 0.265 e. The molecular formula is C18H12ClN3O3S. The number of rotatable bonds is 2. The molecule has 3 aromatic rings. The first-order chi connectivity index (χ1) is 12.4. The molecule has 4 rings (SSSR count). The minimum absolute atomic E-state index is 0.0378. The Labute approximate surface area is 155 Å². The maximum absolute atomic E-state index is 13.3. The van der Waals surface area contributed by atoms with Gasteiger partial charge in [0.05, 0.1) is 22.2 Å². The van der Waals surface area contributed by atoms with E-state index in [0.717, 1.165) is 5.56 Å². The molecule has 0 saturated heterocycles. The van der Waals surface area contributed by atoms with E-state index in [0.29, 0.717) is 33.2 Å². The van der Waals surface area contributed by atoms with E-state index in [2.05, 4.69) is 0 Å². The summed E-state index contributed by atoms with van der Waals surface area (Å²) in [4.78, 5) is 0.0378. The molecule has 0 atom stereocenters. The van der Waals surface area contributed by atoms with Crippen LogP contribution in [0, 0.1) is 16.5 Å². The van der Waals surface area contributed by atoms with Gasteiger partial charge in [-0.2, -0.15) is 9.99 Å². The molecule has 0 bridgehead atoms. The van der Waals surface area contributed by atoms with Gasteiger partial charge in [-0.05, 0) is 36.2 Å². The van der Waals surface area contributed by atoms with Crippen molar-refractivity contribution in [2.24, 2.45) is 0 Å². The van der Waals surface area contributed by atoms with Gasteiger partial charge in [0.2, 0.25) is 0 Å². The number of anilines is 1. The van der Waals surface area contributed by atoms with E-state index < -0.39 is 10.0 Å². The van der Waals surface area contributed by atoms with Gasteiger partial charge in [0.25, 0.3) is 10.0 Å². The zero-order valence-corrected chi connectivity index (χ0v) is 15.0. The van der Waals surface area contributed by atoms with Crippen LogP contribution in [0.2, 0.25) is 5.02 Å². The van der Waals surface area contributed by atoms with E-state index in [9.17, 15) is 13.6 Å². The van der Waals surface area contributed by atoms with Gasteiger partial charge in [-0.3, -0.25) is 4.31 Å². The van der Waals surface area contributed by atoms with Crippen molar-refractivity contribution in [3.63, 3.8) is 0 Å². The molecule has 0 radical (unpaired) electrons. The van der Waals surface area contributed by atoms with E-state index in [1.54, 1.807) is 24.3 Å². The third kappa shape index (κ3) is 2.55. The minimum atomic E-state index is -3.91. The molecule has 1 aliphatic rings. The van der Waals surface area contributed by atoms with E-state index in [-0.39, 0.29) is 16.5 Å². The molecular weight excluding hydrogens is 374 g/mol. The topological polar surface area (TPSA) is 88.1 Å². The van der Waals surface area contributed by atoms with Crippen molar-refractivity contribution < 1.29 is 13.1 Å². The van der Waals surface area contributed by atoms with E-state index >= 15 is 0 Å². The Hall–Kier alpha value is -2.82. The first-order valence-corrected chi connectivity index (χ1v) is 9.60. The van der Waals surface area contributed by atoms with E-state index in [4.69, 9.17) is 16.9 Å². The fourth-order valence-electron chi connectivity index (χ4n) is 3.23. The summed E-state index contributed by atoms with van der Waals surface area (Å²) >= 11 is 6.10. The van der Waals surface area contributed by atoms with Gasteiger partial charge in [-0.1, -0.05) is 17.7 Å². The number of hydrogen-bond donors (Lipinski definition) is 0. The number of hydrogen-bond acceptors (Lipinski definition) is 4. The van der Waals surface area contributed by atoms with Crippen LogP contribution in [-0.2, 0) is 16.4 Å². The van der Waals surface area contributed by atoms with Crippen LogP contribution in [-0.4, -0.2) is 15.0 Å². The Kier molecular flexibility index (Phi) is 3.75. The zero-order chi connectivity index (χ0) is 18.5. The summed E-state index contributed by atoms with van der Waals surface area (Å²) < 4.78 is 28.6. The molecule has 1 aromatic heterocycles. The Morgan fingerprint density at radius 3 is 2.81 bits per heavy atom. The molecule has 0 spiro atoms. The van der Waals surface area contributed by atoms with Crippen molar-refractivity contribution in [3.05, 3.63) is 70.1 Å². The van der Waals surface area contributed by atoms with Gasteiger partial charge in [0.1, 0.15) is 0 Å². The SMILES string of the molecule is N#Cc1ccc2c(c1)N(S(=O)(=O)c1cc(Cl)cc3c[n+]([O-])ccc13)CC2. The van der Waals surface area contributed by atoms with Gasteiger partial charge in [0, 0.05) is 28.4 Å². The first kappa shape index (κ1) is 16.6. The second-order valence-corrected chi connectivity index (χ2v) is 8.26. The molecule has 0 saturated carbocycles. The zero-order valence-electron chi connectivity index (χ0n) is 13.4. The monoisotopic (exact) mass is 385 g/mol. The highest BCUT2D eigenvalue weighted by molar-refractivity contribution is 7.93. The number of benzene rings is 2. The van der Waals surface area contributed by atoms with Crippen molar-refractivity contribution in [2.75, 3.05) is 10.8 Å². The molecule has 130 valence electrons. The molecule has 26 heavy (non-hydrogen) atoms. The first-order valence-electron chi connectivity index (χ1n) is 7.78. The molecule has 1 aliphatic heterocycles. The van der Waals surface area contributed by atoms with Gasteiger partial charge in [-0.15, -0.1) is 0 Å². The van der Waals surface area contributed by atoms with Crippen molar-refractivity contribution in [3.8, 4) is 6.07 Å². The lowest BCUT2D eigenvalue weighted by Gasteiger charge is -2.21. The Bertz CT molecular complexity index is 1200. The van der Waals surface area contributed by atoms with Gasteiger partial charge >= 0.3 is 0 Å². The second kappa shape index (κ2) is 5.87. The predicted molar refractivity (Wildman–Crippen MR) is 97.3 cm³/mol. The third-order valence-electron chi connectivity index (χ3n) is 4.43. The maximum atomic E-state index is 13.3. The van der Waals surface area contributed by atoms with Gasteiger partial charge in [0.15, 0.2) is 12.4 Å². The maximum Gasteiger partial charge on any atom is 0.265 e. The molecule has 2 aromatic carbocycles. The Balaban J connectivity index is 1.93. The number of fused-ring (bicyclic) bond motifs is 2. The van der Waals surface area contributed by atoms with Crippen molar-refractivity contribution in [1.29, 1.82) is 5.26 Å². The third-order valence-corrected chi connectivity index (χ3v) is 6.50. The average Bonchev–Trinajstić information content (AvgIpc) is 3.04. The summed E-state index contributed by atoms with van der Waals surface area (Å²) in [6, 6.07) is 11.5. The molecule has 8 heteroatoms. The number of nitrogens with zero attached hydrogens (tertiary/aromatic N) is 3. The Morgan fingerprint density at radius 2 is 2.04 bits per heavy atom. The molecule has 0 fully saturated rings. The lowest BCUT2D eigenvalue weighted by molar-refractivity contribution is -0.603. The molecule has 0 amide bonds. The fraction of sp³-hybridized carbons (Fsp3) is 0.111. The van der Waals surface area contributed by atoms with Crippen molar-refractivity contribution in [1.82, 2.24) is 0 Å². The average molecular weight is 386 g/mol. The highest BCUT2D eigenvalue weighted by atomic mass is 35.5. The van der Waals surface area contributed by atoms with Crippen LogP contribution in [0.25, 0.3) is 10.8 Å². The van der Waals surface area contributed by atoms with Crippen LogP contribution in [0.15, 0.2) is 53.7 Å². The van der Waals surface area contributed by atoms with Crippen LogP contribution in [0.4, 0.5) is 5.69 Å². The summed E-state index contributed by atoms with van der Waals surface area (Å²) in [5, 5.41) is 21.7. The second-order valence-electron chi connectivity index (χ2n) is 5.99. The molecule has 6 nitrogen and oxygen atoms in total. The van der Waals surface area contributed by atoms with Crippen molar-refractivity contribution in [2.45, 2.75) is 11.3 Å². The lowest BCUT2D eigenvalue weighted by atomic mass is 10.1. The summed E-state index contributed by atoms with van der Waals surface area (Å²) in [6.45, 7) is 0.287. The minimum Gasteiger partial charge on any atom is -0.619 e. The molecule has 0 N–H and O–H groups in total. The summed E-state index contributed by atoms with van der Waals surface area (Å²) in [5.74, 6) is 0. The molecule has 2 heterocycles. The van der Waals surface area contributed by atoms with Crippen molar-refractivity contribution >= 4 is 38.1 Å². The number of halogens is 1. The van der Waals surface area contributed by atoms with Gasteiger partial charge in [-0.25, -0.2) is 8.42 Å². The molecule has 0 unspecified atom stereocenters. The number of sulfonamides is 1. The Morgan fingerprint density at radius 1 is 1.23 bits per heavy atom. The highest BCUT2D eigenvalue weighted by Crippen LogP contribution is 2.36. The largest absolute Gasteiger partial charge is 0.619 e. The summed E-state index contributed by atoms with van der Waals surface area (Å²) in [5.41, 5.74) is 1.78. The van der Waals surface area contributed by atoms with E-state index in [1.165, 1.54) is 28.8 Å². The van der Waals surface area contributed by atoms with Crippen LogP contribution >= 0.6 is 11.6 Å². The van der Waals surface area contributed by atoms with Gasteiger partial charge < -0.3 is 5.21 Å². The van der Waals surface area contributed by atoms with Crippen LogP contribution in [0.5, 0.6) is 0 Å². The normalized spacial score (nSPS) is 13.6. The lowest BCUT2D eigenvalue weighted by Crippen LogP contribution is -2.30. The number of pyridine rings is 1.